The number of ether oxygens (including phenoxy) is 1. The van der Waals surface area contributed by atoms with Gasteiger partial charge >= 0.3 is 11.9 Å². The van der Waals surface area contributed by atoms with Crippen molar-refractivity contribution >= 4 is 23.3 Å². The van der Waals surface area contributed by atoms with Crippen molar-refractivity contribution in [3.8, 4) is 0 Å². The summed E-state index contributed by atoms with van der Waals surface area (Å²) in [6.45, 7) is 1.79. The first kappa shape index (κ1) is 11.0. The van der Waals surface area contributed by atoms with E-state index in [0.29, 0.717) is 11.4 Å². The molecule has 80 valence electrons. The van der Waals surface area contributed by atoms with Gasteiger partial charge in [0.2, 0.25) is 0 Å². The van der Waals surface area contributed by atoms with Crippen molar-refractivity contribution in [3.05, 3.63) is 24.3 Å². The highest BCUT2D eigenvalue weighted by Crippen LogP contribution is 2.16. The summed E-state index contributed by atoms with van der Waals surface area (Å²) in [4.78, 5) is 22.2. The molecule has 0 aliphatic heterocycles. The van der Waals surface area contributed by atoms with Crippen molar-refractivity contribution in [1.29, 1.82) is 0 Å². The van der Waals surface area contributed by atoms with Crippen LogP contribution in [0.5, 0.6) is 0 Å². The molecule has 1 aromatic carbocycles. The molecule has 0 radical (unpaired) electrons. The predicted molar refractivity (Wildman–Crippen MR) is 56.1 cm³/mol. The maximum absolute atomic E-state index is 11.2. The fourth-order valence-electron chi connectivity index (χ4n) is 0.981. The average molecular weight is 208 g/mol. The fourth-order valence-corrected chi connectivity index (χ4v) is 0.981. The smallest absolute Gasteiger partial charge is 0.397 e. The second-order valence-electron chi connectivity index (χ2n) is 2.76. The van der Waals surface area contributed by atoms with Gasteiger partial charge in [-0.05, 0) is 19.1 Å². The molecule has 15 heavy (non-hydrogen) atoms. The molecule has 5 heteroatoms. The van der Waals surface area contributed by atoms with E-state index in [1.807, 2.05) is 0 Å². The van der Waals surface area contributed by atoms with Crippen molar-refractivity contribution in [1.82, 2.24) is 0 Å². The van der Waals surface area contributed by atoms with E-state index in [2.05, 4.69) is 10.1 Å². The van der Waals surface area contributed by atoms with Crippen LogP contribution >= 0.6 is 0 Å². The molecular weight excluding hydrogens is 196 g/mol. The third-order valence-electron chi connectivity index (χ3n) is 1.67. The zero-order valence-corrected chi connectivity index (χ0v) is 8.32. The standard InChI is InChI=1S/C10H12N2O3/c1-2-15-10(14)9(13)12-8-6-4-3-5-7(8)11/h3-6H,2,11H2,1H3,(H,12,13). The van der Waals surface area contributed by atoms with E-state index < -0.39 is 11.9 Å². The Morgan fingerprint density at radius 2 is 2.07 bits per heavy atom. The van der Waals surface area contributed by atoms with Crippen molar-refractivity contribution in [2.24, 2.45) is 0 Å². The number of hydrogen-bond donors (Lipinski definition) is 2. The van der Waals surface area contributed by atoms with Gasteiger partial charge in [-0.15, -0.1) is 0 Å². The number of amides is 1. The van der Waals surface area contributed by atoms with Crippen LogP contribution in [0, 0.1) is 0 Å². The van der Waals surface area contributed by atoms with Crippen molar-refractivity contribution < 1.29 is 14.3 Å². The largest absolute Gasteiger partial charge is 0.459 e. The summed E-state index contributed by atoms with van der Waals surface area (Å²) in [5.74, 6) is -1.74. The zero-order valence-electron chi connectivity index (χ0n) is 8.32. The highest BCUT2D eigenvalue weighted by atomic mass is 16.5. The lowest BCUT2D eigenvalue weighted by atomic mass is 10.2. The number of para-hydroxylation sites is 2. The van der Waals surface area contributed by atoms with Crippen LogP contribution in [0.4, 0.5) is 11.4 Å². The maximum Gasteiger partial charge on any atom is 0.397 e. The fraction of sp³-hybridized carbons (Fsp3) is 0.200. The van der Waals surface area contributed by atoms with Crippen molar-refractivity contribution in [2.45, 2.75) is 6.92 Å². The van der Waals surface area contributed by atoms with Gasteiger partial charge < -0.3 is 15.8 Å². The van der Waals surface area contributed by atoms with Gasteiger partial charge in [0, 0.05) is 0 Å². The highest BCUT2D eigenvalue weighted by Gasteiger charge is 2.15. The molecule has 0 bridgehead atoms. The second-order valence-corrected chi connectivity index (χ2v) is 2.76. The molecule has 0 aromatic heterocycles. The Kier molecular flexibility index (Phi) is 3.68. The van der Waals surface area contributed by atoms with E-state index in [4.69, 9.17) is 5.73 Å². The minimum Gasteiger partial charge on any atom is -0.459 e. The molecule has 0 spiro atoms. The van der Waals surface area contributed by atoms with Gasteiger partial charge in [0.05, 0.1) is 18.0 Å². The number of carbonyl (C=O) groups is 2. The van der Waals surface area contributed by atoms with Crippen LogP contribution in [0.2, 0.25) is 0 Å². The number of anilines is 2. The lowest BCUT2D eigenvalue weighted by Crippen LogP contribution is -2.25. The van der Waals surface area contributed by atoms with E-state index in [-0.39, 0.29) is 6.61 Å². The van der Waals surface area contributed by atoms with Crippen molar-refractivity contribution in [2.75, 3.05) is 17.7 Å². The number of esters is 1. The number of nitrogens with two attached hydrogens (primary N) is 1. The number of hydrogen-bond acceptors (Lipinski definition) is 4. The van der Waals surface area contributed by atoms with E-state index in [9.17, 15) is 9.59 Å². The molecule has 5 nitrogen and oxygen atoms in total. The first-order valence-electron chi connectivity index (χ1n) is 4.47. The van der Waals surface area contributed by atoms with Gasteiger partial charge in [-0.3, -0.25) is 4.79 Å². The van der Waals surface area contributed by atoms with Crippen LogP contribution in [0.15, 0.2) is 24.3 Å². The minimum absolute atomic E-state index is 0.163. The third kappa shape index (κ3) is 2.98. The molecule has 1 aromatic rings. The number of benzene rings is 1. The van der Waals surface area contributed by atoms with Crippen LogP contribution in [0.1, 0.15) is 6.92 Å². The zero-order chi connectivity index (χ0) is 11.3. The summed E-state index contributed by atoms with van der Waals surface area (Å²) in [5, 5.41) is 2.36. The second kappa shape index (κ2) is 4.99. The lowest BCUT2D eigenvalue weighted by Gasteiger charge is -2.06. The average Bonchev–Trinajstić information content (AvgIpc) is 2.21. The first-order chi connectivity index (χ1) is 7.15. The first-order valence-corrected chi connectivity index (χ1v) is 4.47. The van der Waals surface area contributed by atoms with E-state index in [0.717, 1.165) is 0 Å². The summed E-state index contributed by atoms with van der Waals surface area (Å²) in [6.07, 6.45) is 0. The van der Waals surface area contributed by atoms with Gasteiger partial charge in [0.25, 0.3) is 0 Å². The molecule has 1 amide bonds. The summed E-state index contributed by atoms with van der Waals surface area (Å²) in [5.41, 5.74) is 6.37. The van der Waals surface area contributed by atoms with Gasteiger partial charge in [-0.25, -0.2) is 4.79 Å². The van der Waals surface area contributed by atoms with E-state index in [1.54, 1.807) is 31.2 Å². The SMILES string of the molecule is CCOC(=O)C(=O)Nc1ccccc1N. The molecule has 0 saturated carbocycles. The summed E-state index contributed by atoms with van der Waals surface area (Å²) >= 11 is 0. The van der Waals surface area contributed by atoms with Crippen LogP contribution < -0.4 is 11.1 Å². The van der Waals surface area contributed by atoms with Crippen LogP contribution in [0.25, 0.3) is 0 Å². The molecule has 3 N–H and O–H groups in total. The third-order valence-corrected chi connectivity index (χ3v) is 1.67. The Bertz CT molecular complexity index is 377. The van der Waals surface area contributed by atoms with Gasteiger partial charge in [0.15, 0.2) is 0 Å². The summed E-state index contributed by atoms with van der Waals surface area (Å²) in [6, 6.07) is 6.67. The van der Waals surface area contributed by atoms with Crippen LogP contribution in [-0.2, 0) is 14.3 Å². The molecule has 0 atom stereocenters. The van der Waals surface area contributed by atoms with Crippen LogP contribution in [-0.4, -0.2) is 18.5 Å². The topological polar surface area (TPSA) is 81.4 Å². The Labute approximate surface area is 87.2 Å². The highest BCUT2D eigenvalue weighted by molar-refractivity contribution is 6.37. The monoisotopic (exact) mass is 208 g/mol. The number of nitrogens with one attached hydrogen (secondary N) is 1. The quantitative estimate of drug-likeness (QED) is 0.427. The minimum atomic E-state index is -0.916. The lowest BCUT2D eigenvalue weighted by molar-refractivity contribution is -0.152. The maximum atomic E-state index is 11.2. The van der Waals surface area contributed by atoms with Crippen LogP contribution in [0.3, 0.4) is 0 Å². The Morgan fingerprint density at radius 1 is 1.40 bits per heavy atom. The summed E-state index contributed by atoms with van der Waals surface area (Å²) < 4.78 is 4.52. The Morgan fingerprint density at radius 3 is 2.67 bits per heavy atom. The number of carbonyl (C=O) groups excluding carboxylic acids is 2. The molecule has 0 saturated heterocycles. The molecular formula is C10H12N2O3. The molecule has 0 aliphatic rings. The molecule has 1 rings (SSSR count). The normalized spacial score (nSPS) is 9.40. The molecule has 0 unspecified atom stereocenters. The Hall–Kier alpha value is -2.04. The summed E-state index contributed by atoms with van der Waals surface area (Å²) in [7, 11) is 0. The molecule has 0 aliphatic carbocycles. The van der Waals surface area contributed by atoms with E-state index >= 15 is 0 Å². The number of nitrogen functional groups attached to an aromatic ring is 1. The van der Waals surface area contributed by atoms with Crippen molar-refractivity contribution in [3.63, 3.8) is 0 Å². The molecule has 0 heterocycles. The molecule has 0 fully saturated rings. The Balaban J connectivity index is 2.67. The van der Waals surface area contributed by atoms with E-state index in [1.165, 1.54) is 0 Å². The number of rotatable bonds is 2. The predicted octanol–water partition coefficient (Wildman–Crippen LogP) is 0.770. The van der Waals surface area contributed by atoms with Gasteiger partial charge in [-0.1, -0.05) is 12.1 Å². The van der Waals surface area contributed by atoms with Gasteiger partial charge in [-0.2, -0.15) is 0 Å². The van der Waals surface area contributed by atoms with Gasteiger partial charge in [0.1, 0.15) is 0 Å².